The van der Waals surface area contributed by atoms with E-state index in [9.17, 15) is 30.6 Å². The highest BCUT2D eigenvalue weighted by Gasteiger charge is 2.44. The molecule has 1 heterocycles. The van der Waals surface area contributed by atoms with E-state index in [4.69, 9.17) is 20.0 Å². The van der Waals surface area contributed by atoms with Gasteiger partial charge in [-0.05, 0) is 36.4 Å². The van der Waals surface area contributed by atoms with E-state index in [1.54, 1.807) is 0 Å². The molecular formula is C20H22O12. The van der Waals surface area contributed by atoms with Crippen LogP contribution in [-0.2, 0) is 4.74 Å². The predicted molar refractivity (Wildman–Crippen MR) is 106 cm³/mol. The van der Waals surface area contributed by atoms with Crippen LogP contribution in [0.15, 0.2) is 42.5 Å². The average molecular weight is 454 g/mol. The van der Waals surface area contributed by atoms with Gasteiger partial charge in [-0.3, -0.25) is 0 Å². The first-order valence-corrected chi connectivity index (χ1v) is 9.27. The Kier molecular flexibility index (Phi) is 7.37. The Labute approximate surface area is 180 Å². The van der Waals surface area contributed by atoms with Gasteiger partial charge in [0.1, 0.15) is 30.2 Å². The van der Waals surface area contributed by atoms with Crippen molar-refractivity contribution in [2.75, 3.05) is 6.61 Å². The van der Waals surface area contributed by atoms with Crippen molar-refractivity contribution in [2.45, 2.75) is 30.7 Å². The van der Waals surface area contributed by atoms with Gasteiger partial charge in [0.2, 0.25) is 6.29 Å². The summed E-state index contributed by atoms with van der Waals surface area (Å²) in [7, 11) is 0. The summed E-state index contributed by atoms with van der Waals surface area (Å²) in [5, 5.41) is 77.7. The number of aliphatic hydroxyl groups excluding tert-OH is 6. The number of rotatable bonds is 7. The molecular weight excluding hydrogens is 432 g/mol. The Morgan fingerprint density at radius 2 is 1.34 bits per heavy atom. The van der Waals surface area contributed by atoms with E-state index in [1.165, 1.54) is 30.3 Å². The molecule has 1 aliphatic rings. The fourth-order valence-electron chi connectivity index (χ4n) is 3.08. The third-order valence-electron chi connectivity index (χ3n) is 4.82. The zero-order chi connectivity index (χ0) is 23.4. The summed E-state index contributed by atoms with van der Waals surface area (Å²) in [6.07, 6.45) is -7.69. The molecule has 0 aliphatic carbocycles. The predicted octanol–water partition coefficient (Wildman–Crippen LogP) is 0.511. The zero-order valence-electron chi connectivity index (χ0n) is 16.3. The quantitative estimate of drug-likeness (QED) is 0.125. The maximum atomic E-state index is 10.5. The van der Waals surface area contributed by atoms with Crippen molar-refractivity contribution in [3.63, 3.8) is 0 Å². The maximum absolute atomic E-state index is 10.5. The second kappa shape index (κ2) is 10.0. The number of benzene rings is 2. The number of hydrogen-bond donors (Lipinski definition) is 8. The first kappa shape index (κ1) is 23.6. The molecule has 1 aliphatic heterocycles. The fourth-order valence-corrected chi connectivity index (χ4v) is 3.08. The van der Waals surface area contributed by atoms with Crippen LogP contribution in [0.5, 0.6) is 17.2 Å². The van der Waals surface area contributed by atoms with Crippen LogP contribution in [-0.4, -0.2) is 78.5 Å². The molecule has 0 spiro atoms. The highest BCUT2D eigenvalue weighted by molar-refractivity contribution is 5.83. The fraction of sp³-hybridized carbons (Fsp3) is 0.300. The van der Waals surface area contributed by atoms with Crippen LogP contribution in [0.3, 0.4) is 0 Å². The third kappa shape index (κ3) is 4.87. The van der Waals surface area contributed by atoms with E-state index in [0.717, 1.165) is 12.1 Å². The van der Waals surface area contributed by atoms with Crippen molar-refractivity contribution < 1.29 is 60.4 Å². The van der Waals surface area contributed by atoms with E-state index in [1.807, 2.05) is 0 Å². The van der Waals surface area contributed by atoms with Gasteiger partial charge in [-0.2, -0.15) is 0 Å². The van der Waals surface area contributed by atoms with Crippen molar-refractivity contribution in [1.29, 1.82) is 0 Å². The Bertz CT molecular complexity index is 942. The molecule has 0 aromatic heterocycles. The molecule has 0 radical (unpaired) electrons. The van der Waals surface area contributed by atoms with Gasteiger partial charge in [0.05, 0.1) is 6.61 Å². The standard InChI is InChI=1S/C20H22O12/c21-8-14-17(24)18(25)19(26)20(30-14)29-12-5-10(6-13(7-12)32-28)16(23)15(22)9-1-3-11(31-27)4-2-9/h1-7,14,17-28H,8H2/b16-15+/t14-,17-,18+,19-,20-/m1/s1. The van der Waals surface area contributed by atoms with Gasteiger partial charge in [0.15, 0.2) is 23.0 Å². The molecule has 0 saturated carbocycles. The minimum absolute atomic E-state index is 0.0730. The Morgan fingerprint density at radius 1 is 0.750 bits per heavy atom. The van der Waals surface area contributed by atoms with Crippen molar-refractivity contribution in [2.24, 2.45) is 0 Å². The smallest absolute Gasteiger partial charge is 0.229 e. The van der Waals surface area contributed by atoms with Crippen LogP contribution in [0.4, 0.5) is 0 Å². The lowest BCUT2D eigenvalue weighted by atomic mass is 9.99. The summed E-state index contributed by atoms with van der Waals surface area (Å²) in [6, 6.07) is 8.91. The first-order valence-electron chi connectivity index (χ1n) is 9.27. The van der Waals surface area contributed by atoms with Gasteiger partial charge < -0.3 is 49.9 Å². The second-order valence-corrected chi connectivity index (χ2v) is 6.91. The Hall–Kier alpha value is -3.10. The largest absolute Gasteiger partial charge is 0.504 e. The van der Waals surface area contributed by atoms with Gasteiger partial charge in [0.25, 0.3) is 0 Å². The van der Waals surface area contributed by atoms with Crippen molar-refractivity contribution in [1.82, 2.24) is 0 Å². The molecule has 174 valence electrons. The van der Waals surface area contributed by atoms with Crippen molar-refractivity contribution >= 4 is 11.5 Å². The second-order valence-electron chi connectivity index (χ2n) is 6.91. The minimum Gasteiger partial charge on any atom is -0.504 e. The van der Waals surface area contributed by atoms with Crippen LogP contribution in [0.2, 0.25) is 0 Å². The summed E-state index contributed by atoms with van der Waals surface area (Å²) in [5.41, 5.74) is 0.0890. The van der Waals surface area contributed by atoms with E-state index < -0.39 is 48.8 Å². The van der Waals surface area contributed by atoms with Gasteiger partial charge in [-0.25, -0.2) is 10.5 Å². The van der Waals surface area contributed by atoms with Crippen LogP contribution < -0.4 is 14.5 Å². The van der Waals surface area contributed by atoms with Crippen LogP contribution in [0, 0.1) is 0 Å². The van der Waals surface area contributed by atoms with E-state index in [2.05, 4.69) is 9.78 Å². The Balaban J connectivity index is 1.91. The molecule has 1 fully saturated rings. The molecule has 1 saturated heterocycles. The molecule has 2 aromatic rings. The average Bonchev–Trinajstić information content (AvgIpc) is 2.83. The van der Waals surface area contributed by atoms with Crippen molar-refractivity contribution in [3.05, 3.63) is 53.6 Å². The number of ether oxygens (including phenoxy) is 2. The molecule has 5 atom stereocenters. The summed E-state index contributed by atoms with van der Waals surface area (Å²) >= 11 is 0. The van der Waals surface area contributed by atoms with Crippen molar-refractivity contribution in [3.8, 4) is 17.2 Å². The molecule has 12 nitrogen and oxygen atoms in total. The number of aliphatic hydroxyl groups is 6. The summed E-state index contributed by atoms with van der Waals surface area (Å²) in [4.78, 5) is 8.23. The molecule has 32 heavy (non-hydrogen) atoms. The van der Waals surface area contributed by atoms with E-state index in [-0.39, 0.29) is 28.4 Å². The molecule has 8 N–H and O–H groups in total. The van der Waals surface area contributed by atoms with E-state index in [0.29, 0.717) is 0 Å². The lowest BCUT2D eigenvalue weighted by Gasteiger charge is -2.39. The Morgan fingerprint density at radius 3 is 1.94 bits per heavy atom. The molecule has 3 rings (SSSR count). The highest BCUT2D eigenvalue weighted by atomic mass is 17.1. The number of hydrogen-bond acceptors (Lipinski definition) is 12. The molecule has 0 bridgehead atoms. The summed E-state index contributed by atoms with van der Waals surface area (Å²) < 4.78 is 10.7. The van der Waals surface area contributed by atoms with Crippen LogP contribution in [0.25, 0.3) is 11.5 Å². The van der Waals surface area contributed by atoms with Gasteiger partial charge in [0, 0.05) is 17.2 Å². The molecule has 2 aromatic carbocycles. The highest BCUT2D eigenvalue weighted by Crippen LogP contribution is 2.32. The van der Waals surface area contributed by atoms with Crippen LogP contribution in [0.1, 0.15) is 11.1 Å². The minimum atomic E-state index is -1.69. The summed E-state index contributed by atoms with van der Waals surface area (Å²) in [5.74, 6) is -1.44. The van der Waals surface area contributed by atoms with E-state index >= 15 is 0 Å². The topological polar surface area (TPSA) is 199 Å². The van der Waals surface area contributed by atoms with Gasteiger partial charge in [-0.1, -0.05) is 0 Å². The van der Waals surface area contributed by atoms with Crippen LogP contribution >= 0.6 is 0 Å². The lowest BCUT2D eigenvalue weighted by Crippen LogP contribution is -2.60. The molecule has 0 unspecified atom stereocenters. The van der Waals surface area contributed by atoms with Gasteiger partial charge in [-0.15, -0.1) is 0 Å². The molecule has 12 heteroatoms. The maximum Gasteiger partial charge on any atom is 0.229 e. The lowest BCUT2D eigenvalue weighted by molar-refractivity contribution is -0.277. The zero-order valence-corrected chi connectivity index (χ0v) is 16.3. The monoisotopic (exact) mass is 454 g/mol. The van der Waals surface area contributed by atoms with Gasteiger partial charge >= 0.3 is 0 Å². The normalized spacial score (nSPS) is 26.2. The SMILES string of the molecule is OC[C@H]1O[C@@H](Oc2cc(OO)cc(/C(O)=C(\O)c3ccc(OO)cc3)c2)[C@H](O)[C@@H](O)[C@@H]1O. The molecule has 0 amide bonds. The summed E-state index contributed by atoms with van der Waals surface area (Å²) in [6.45, 7) is -0.659. The third-order valence-corrected chi connectivity index (χ3v) is 4.82. The first-order chi connectivity index (χ1) is 15.3.